The van der Waals surface area contributed by atoms with Crippen molar-refractivity contribution in [2.75, 3.05) is 13.7 Å². The number of rotatable bonds is 5. The van der Waals surface area contributed by atoms with Gasteiger partial charge in [-0.05, 0) is 12.8 Å². The highest BCUT2D eigenvalue weighted by Crippen LogP contribution is 2.23. The van der Waals surface area contributed by atoms with Crippen LogP contribution < -0.4 is 5.32 Å². The van der Waals surface area contributed by atoms with Crippen molar-refractivity contribution in [2.45, 2.75) is 37.8 Å². The van der Waals surface area contributed by atoms with Gasteiger partial charge in [-0.25, -0.2) is 4.98 Å². The molecule has 1 fully saturated rings. The van der Waals surface area contributed by atoms with E-state index in [1.165, 1.54) is 5.01 Å². The van der Waals surface area contributed by atoms with Crippen LogP contribution in [0.15, 0.2) is 11.6 Å². The number of nitrogens with zero attached hydrogens (tertiary/aromatic N) is 1. The molecule has 84 valence electrons. The third kappa shape index (κ3) is 2.77. The maximum atomic E-state index is 5.25. The molecule has 1 unspecified atom stereocenters. The molecule has 0 radical (unpaired) electrons. The Morgan fingerprint density at radius 1 is 1.67 bits per heavy atom. The molecule has 1 atom stereocenters. The SMILES string of the molecule is COC1CC(NCC(C)c2nccs2)C1. The lowest BCUT2D eigenvalue weighted by atomic mass is 9.89. The van der Waals surface area contributed by atoms with Crippen LogP contribution in [0, 0.1) is 0 Å². The summed E-state index contributed by atoms with van der Waals surface area (Å²) in [7, 11) is 1.79. The van der Waals surface area contributed by atoms with Gasteiger partial charge in [-0.2, -0.15) is 0 Å². The number of ether oxygens (including phenoxy) is 1. The molecule has 0 bridgehead atoms. The van der Waals surface area contributed by atoms with Crippen LogP contribution in [0.4, 0.5) is 0 Å². The number of hydrogen-bond acceptors (Lipinski definition) is 4. The second-order valence-corrected chi connectivity index (χ2v) is 5.13. The van der Waals surface area contributed by atoms with Gasteiger partial charge in [-0.15, -0.1) is 11.3 Å². The van der Waals surface area contributed by atoms with Gasteiger partial charge in [-0.3, -0.25) is 0 Å². The first kappa shape index (κ1) is 11.0. The summed E-state index contributed by atoms with van der Waals surface area (Å²) in [5.41, 5.74) is 0. The molecule has 1 aliphatic carbocycles. The molecule has 0 aromatic carbocycles. The van der Waals surface area contributed by atoms with Crippen molar-refractivity contribution in [1.29, 1.82) is 0 Å². The summed E-state index contributed by atoms with van der Waals surface area (Å²) < 4.78 is 5.25. The maximum Gasteiger partial charge on any atom is 0.0965 e. The molecule has 15 heavy (non-hydrogen) atoms. The molecule has 1 heterocycles. The summed E-state index contributed by atoms with van der Waals surface area (Å²) in [4.78, 5) is 4.32. The van der Waals surface area contributed by atoms with Gasteiger partial charge in [0.05, 0.1) is 11.1 Å². The maximum absolute atomic E-state index is 5.25. The molecule has 1 aromatic heterocycles. The van der Waals surface area contributed by atoms with Crippen LogP contribution in [0.1, 0.15) is 30.7 Å². The lowest BCUT2D eigenvalue weighted by molar-refractivity contribution is 0.0173. The molecule has 1 aliphatic rings. The van der Waals surface area contributed by atoms with Crippen molar-refractivity contribution in [3.05, 3.63) is 16.6 Å². The van der Waals surface area contributed by atoms with E-state index in [-0.39, 0.29) is 0 Å². The topological polar surface area (TPSA) is 34.1 Å². The summed E-state index contributed by atoms with van der Waals surface area (Å²) in [6.07, 6.45) is 4.67. The highest BCUT2D eigenvalue weighted by Gasteiger charge is 2.28. The van der Waals surface area contributed by atoms with Crippen LogP contribution in [0.5, 0.6) is 0 Å². The van der Waals surface area contributed by atoms with Gasteiger partial charge in [0.25, 0.3) is 0 Å². The molecule has 1 saturated carbocycles. The summed E-state index contributed by atoms with van der Waals surface area (Å²) in [5.74, 6) is 0.520. The Bertz CT molecular complexity index is 283. The van der Waals surface area contributed by atoms with Crippen molar-refractivity contribution in [2.24, 2.45) is 0 Å². The van der Waals surface area contributed by atoms with Crippen LogP contribution >= 0.6 is 11.3 Å². The van der Waals surface area contributed by atoms with Gasteiger partial charge in [0, 0.05) is 37.2 Å². The Labute approximate surface area is 94.9 Å². The Kier molecular flexibility index (Phi) is 3.72. The van der Waals surface area contributed by atoms with Gasteiger partial charge in [0.15, 0.2) is 0 Å². The number of methoxy groups -OCH3 is 1. The van der Waals surface area contributed by atoms with E-state index < -0.39 is 0 Å². The van der Waals surface area contributed by atoms with Gasteiger partial charge in [-0.1, -0.05) is 6.92 Å². The van der Waals surface area contributed by atoms with E-state index >= 15 is 0 Å². The third-order valence-electron chi connectivity index (χ3n) is 3.01. The lowest BCUT2D eigenvalue weighted by Crippen LogP contribution is -2.46. The van der Waals surface area contributed by atoms with Gasteiger partial charge in [0.1, 0.15) is 0 Å². The van der Waals surface area contributed by atoms with Crippen molar-refractivity contribution in [3.63, 3.8) is 0 Å². The number of hydrogen-bond donors (Lipinski definition) is 1. The lowest BCUT2D eigenvalue weighted by Gasteiger charge is -2.35. The fourth-order valence-corrected chi connectivity index (χ4v) is 2.53. The predicted octanol–water partition coefficient (Wildman–Crippen LogP) is 2.01. The van der Waals surface area contributed by atoms with E-state index in [1.54, 1.807) is 18.4 Å². The van der Waals surface area contributed by atoms with Crippen LogP contribution in [-0.2, 0) is 4.74 Å². The minimum Gasteiger partial charge on any atom is -0.381 e. The van der Waals surface area contributed by atoms with Gasteiger partial charge in [0.2, 0.25) is 0 Å². The zero-order valence-corrected chi connectivity index (χ0v) is 10.1. The van der Waals surface area contributed by atoms with Gasteiger partial charge >= 0.3 is 0 Å². The molecular weight excluding hydrogens is 208 g/mol. The average molecular weight is 226 g/mol. The first-order chi connectivity index (χ1) is 7.29. The van der Waals surface area contributed by atoms with E-state index in [1.807, 2.05) is 11.6 Å². The third-order valence-corrected chi connectivity index (χ3v) is 4.02. The van der Waals surface area contributed by atoms with Crippen LogP contribution in [0.2, 0.25) is 0 Å². The smallest absolute Gasteiger partial charge is 0.0965 e. The second kappa shape index (κ2) is 5.05. The van der Waals surface area contributed by atoms with Crippen LogP contribution in [0.3, 0.4) is 0 Å². The van der Waals surface area contributed by atoms with Gasteiger partial charge < -0.3 is 10.1 Å². The van der Waals surface area contributed by atoms with E-state index in [0.29, 0.717) is 18.1 Å². The molecule has 1 aromatic rings. The zero-order chi connectivity index (χ0) is 10.7. The fraction of sp³-hybridized carbons (Fsp3) is 0.727. The molecular formula is C11H18N2OS. The highest BCUT2D eigenvalue weighted by molar-refractivity contribution is 7.09. The van der Waals surface area contributed by atoms with Crippen LogP contribution in [0.25, 0.3) is 0 Å². The zero-order valence-electron chi connectivity index (χ0n) is 9.27. The molecule has 0 saturated heterocycles. The minimum absolute atomic E-state index is 0.484. The van der Waals surface area contributed by atoms with E-state index in [0.717, 1.165) is 19.4 Å². The summed E-state index contributed by atoms with van der Waals surface area (Å²) >= 11 is 1.74. The Morgan fingerprint density at radius 2 is 2.47 bits per heavy atom. The van der Waals surface area contributed by atoms with E-state index in [4.69, 9.17) is 4.74 Å². The monoisotopic (exact) mass is 226 g/mol. The summed E-state index contributed by atoms with van der Waals surface area (Å²) in [6, 6.07) is 0.650. The molecule has 2 rings (SSSR count). The highest BCUT2D eigenvalue weighted by atomic mass is 32.1. The Hall–Kier alpha value is -0.450. The number of aromatic nitrogens is 1. The van der Waals surface area contributed by atoms with Crippen molar-refractivity contribution < 1.29 is 4.74 Å². The Balaban J connectivity index is 1.67. The first-order valence-electron chi connectivity index (χ1n) is 5.45. The molecule has 0 aliphatic heterocycles. The van der Waals surface area contributed by atoms with E-state index in [9.17, 15) is 0 Å². The Morgan fingerprint density at radius 3 is 3.07 bits per heavy atom. The molecule has 4 heteroatoms. The summed E-state index contributed by atoms with van der Waals surface area (Å²) in [5, 5.41) is 6.82. The van der Waals surface area contributed by atoms with Crippen molar-refractivity contribution in [1.82, 2.24) is 10.3 Å². The number of nitrogens with one attached hydrogen (secondary N) is 1. The van der Waals surface area contributed by atoms with Crippen LogP contribution in [-0.4, -0.2) is 30.8 Å². The normalized spacial score (nSPS) is 27.3. The summed E-state index contributed by atoms with van der Waals surface area (Å²) in [6.45, 7) is 3.24. The average Bonchev–Trinajstić information content (AvgIpc) is 2.68. The first-order valence-corrected chi connectivity index (χ1v) is 6.33. The molecule has 0 spiro atoms. The molecule has 0 amide bonds. The largest absolute Gasteiger partial charge is 0.381 e. The van der Waals surface area contributed by atoms with Crippen molar-refractivity contribution in [3.8, 4) is 0 Å². The second-order valence-electron chi connectivity index (χ2n) is 4.21. The quantitative estimate of drug-likeness (QED) is 0.834. The predicted molar refractivity (Wildman–Crippen MR) is 62.4 cm³/mol. The minimum atomic E-state index is 0.484. The molecule has 1 N–H and O–H groups in total. The fourth-order valence-electron chi connectivity index (χ4n) is 1.83. The number of thiazole rings is 1. The van der Waals surface area contributed by atoms with E-state index in [2.05, 4.69) is 17.2 Å². The van der Waals surface area contributed by atoms with Crippen molar-refractivity contribution >= 4 is 11.3 Å². The standard InChI is InChI=1S/C11H18N2OS/c1-8(11-12-3-4-15-11)7-13-9-5-10(6-9)14-2/h3-4,8-10,13H,5-7H2,1-2H3. The molecule has 3 nitrogen and oxygen atoms in total.